The summed E-state index contributed by atoms with van der Waals surface area (Å²) >= 11 is 8.94. The lowest BCUT2D eigenvalue weighted by atomic mass is 9.68. The van der Waals surface area contributed by atoms with E-state index < -0.39 is 11.8 Å². The third-order valence-electron chi connectivity index (χ3n) is 10.2. The van der Waals surface area contributed by atoms with Gasteiger partial charge >= 0.3 is 4.87 Å². The van der Waals surface area contributed by atoms with Gasteiger partial charge in [-0.25, -0.2) is 0 Å². The maximum atomic E-state index is 14.0. The number of halogens is 1. The number of thiazole rings is 1. The Morgan fingerprint density at radius 2 is 1.69 bits per heavy atom. The van der Waals surface area contributed by atoms with Crippen molar-refractivity contribution in [1.82, 2.24) is 4.98 Å². The van der Waals surface area contributed by atoms with Crippen LogP contribution < -0.4 is 29.3 Å². The third kappa shape index (κ3) is 5.40. The number of anilines is 2. The Balaban J connectivity index is 1.08. The first-order valence-electron chi connectivity index (χ1n) is 16.1. The maximum absolute atomic E-state index is 14.0. The second kappa shape index (κ2) is 12.6. The van der Waals surface area contributed by atoms with Crippen molar-refractivity contribution < 1.29 is 28.6 Å². The number of amides is 3. The quantitative estimate of drug-likeness (QED) is 0.196. The van der Waals surface area contributed by atoms with Crippen molar-refractivity contribution in [3.05, 3.63) is 91.9 Å². The number of methoxy groups -OCH3 is 1. The summed E-state index contributed by atoms with van der Waals surface area (Å²) in [4.78, 5) is 58.6. The number of thioether (sulfide) groups is 1. The number of nitrogens with zero attached hydrogens (tertiary/aromatic N) is 1. The Bertz CT molecular complexity index is 2010. The second-order valence-electron chi connectivity index (χ2n) is 12.7. The number of aromatic nitrogens is 1. The molecule has 3 heterocycles. The summed E-state index contributed by atoms with van der Waals surface area (Å²) < 4.78 is 17.2. The zero-order valence-corrected chi connectivity index (χ0v) is 28.9. The van der Waals surface area contributed by atoms with Crippen LogP contribution in [0, 0.1) is 29.6 Å². The number of ether oxygens (including phenoxy) is 3. The standard InChI is InChI=1S/C36H32ClN3O7S2/c1-3-46-25-14-17(4-13-24(25)47-16-26(41)38-19-7-11-21(45-2)12-8-19)27-28-22-15-23(31(28)48-33-32(27)49-36(44)39-33)30-29(22)34(42)40(35(30)43)20-9-5-18(37)6-10-20/h4-14,22-23,27-31H,3,15-16H2,1-2H3,(H,38,41)(H,39,44)/t22-,23-,27+,28-,29+,30+,31-/m1/s1. The Kier molecular flexibility index (Phi) is 8.20. The van der Waals surface area contributed by atoms with Gasteiger partial charge in [0.25, 0.3) is 5.91 Å². The van der Waals surface area contributed by atoms with Crippen molar-refractivity contribution in [3.8, 4) is 17.2 Å². The van der Waals surface area contributed by atoms with E-state index in [-0.39, 0.29) is 58.1 Å². The number of fused-ring (bicyclic) bond motifs is 9. The zero-order chi connectivity index (χ0) is 34.0. The van der Waals surface area contributed by atoms with Gasteiger partial charge in [0, 0.05) is 26.8 Å². The molecule has 13 heteroatoms. The van der Waals surface area contributed by atoms with E-state index in [9.17, 15) is 19.2 Å². The van der Waals surface area contributed by atoms with Crippen LogP contribution in [-0.4, -0.2) is 48.3 Å². The Morgan fingerprint density at radius 3 is 2.41 bits per heavy atom. The van der Waals surface area contributed by atoms with Gasteiger partial charge in [0.1, 0.15) is 5.75 Å². The van der Waals surface area contributed by atoms with E-state index >= 15 is 0 Å². The Labute approximate surface area is 295 Å². The van der Waals surface area contributed by atoms with Crippen LogP contribution in [0.2, 0.25) is 5.02 Å². The highest BCUT2D eigenvalue weighted by atomic mass is 35.5. The van der Waals surface area contributed by atoms with Gasteiger partial charge in [-0.2, -0.15) is 0 Å². The van der Waals surface area contributed by atoms with Crippen molar-refractivity contribution in [2.45, 2.75) is 29.5 Å². The predicted octanol–water partition coefficient (Wildman–Crippen LogP) is 6.19. The number of carbonyl (C=O) groups is 3. The monoisotopic (exact) mass is 717 g/mol. The fraction of sp³-hybridized carbons (Fsp3) is 0.333. The lowest BCUT2D eigenvalue weighted by molar-refractivity contribution is -0.123. The summed E-state index contributed by atoms with van der Waals surface area (Å²) in [5, 5.41) is 4.22. The molecule has 10 nitrogen and oxygen atoms in total. The average molecular weight is 718 g/mol. The summed E-state index contributed by atoms with van der Waals surface area (Å²) in [6.45, 7) is 2.02. The molecule has 0 unspecified atom stereocenters. The SMILES string of the molecule is CCOc1cc([C@@H]2c3sc(=O)[nH]c3S[C@@H]3[C@@H]4C[C@@H]([C@@H]5C(=O)N(c6ccc(Cl)cc6)C(=O)[C@@H]45)[C@H]23)ccc1OCC(=O)Nc1ccc(OC)cc1. The molecule has 0 radical (unpaired) electrons. The molecule has 1 saturated heterocycles. The minimum atomic E-state index is -0.423. The molecule has 4 aliphatic rings. The fourth-order valence-corrected chi connectivity index (χ4v) is 11.4. The molecule has 8 rings (SSSR count). The molecule has 2 aliphatic carbocycles. The van der Waals surface area contributed by atoms with Crippen LogP contribution in [-0.2, 0) is 14.4 Å². The second-order valence-corrected chi connectivity index (χ2v) is 15.3. The average Bonchev–Trinajstić information content (AvgIpc) is 3.84. The summed E-state index contributed by atoms with van der Waals surface area (Å²) in [6, 6.07) is 19.5. The van der Waals surface area contributed by atoms with Crippen LogP contribution in [0.1, 0.15) is 29.7 Å². The Hall–Kier alpha value is -4.26. The molecule has 3 amide bonds. The smallest absolute Gasteiger partial charge is 0.305 e. The van der Waals surface area contributed by atoms with E-state index in [1.807, 2.05) is 19.1 Å². The lowest BCUT2D eigenvalue weighted by Crippen LogP contribution is -2.42. The van der Waals surface area contributed by atoms with Gasteiger partial charge < -0.3 is 24.5 Å². The van der Waals surface area contributed by atoms with E-state index in [1.165, 1.54) is 16.2 Å². The van der Waals surface area contributed by atoms with Gasteiger partial charge in [-0.05, 0) is 97.3 Å². The molecule has 0 spiro atoms. The van der Waals surface area contributed by atoms with E-state index in [1.54, 1.807) is 73.5 Å². The number of aromatic amines is 1. The van der Waals surface area contributed by atoms with Crippen molar-refractivity contribution in [2.24, 2.45) is 29.6 Å². The summed E-state index contributed by atoms with van der Waals surface area (Å²) in [5.74, 6) is -0.0817. The van der Waals surface area contributed by atoms with E-state index in [2.05, 4.69) is 10.3 Å². The third-order valence-corrected chi connectivity index (χ3v) is 13.0. The molecule has 49 heavy (non-hydrogen) atoms. The fourth-order valence-electron chi connectivity index (χ4n) is 8.36. The molecule has 3 fully saturated rings. The first kappa shape index (κ1) is 32.0. The number of nitrogens with one attached hydrogen (secondary N) is 2. The maximum Gasteiger partial charge on any atom is 0.305 e. The van der Waals surface area contributed by atoms with Gasteiger partial charge in [-0.3, -0.25) is 24.1 Å². The van der Waals surface area contributed by atoms with Crippen LogP contribution in [0.25, 0.3) is 0 Å². The number of carbonyl (C=O) groups excluding carboxylic acids is 3. The van der Waals surface area contributed by atoms with Gasteiger partial charge in [0.05, 0.1) is 36.3 Å². The predicted molar refractivity (Wildman–Crippen MR) is 187 cm³/mol. The molecular formula is C36H32ClN3O7S2. The van der Waals surface area contributed by atoms with Crippen LogP contribution in [0.4, 0.5) is 11.4 Å². The van der Waals surface area contributed by atoms with Crippen LogP contribution >= 0.6 is 34.7 Å². The molecule has 2 bridgehead atoms. The highest BCUT2D eigenvalue weighted by molar-refractivity contribution is 8.00. The largest absolute Gasteiger partial charge is 0.497 e. The first-order valence-corrected chi connectivity index (χ1v) is 18.2. The highest BCUT2D eigenvalue weighted by Gasteiger charge is 2.69. The minimum absolute atomic E-state index is 0.00372. The topological polar surface area (TPSA) is 127 Å². The summed E-state index contributed by atoms with van der Waals surface area (Å²) in [5.41, 5.74) is 2.09. The number of imide groups is 1. The van der Waals surface area contributed by atoms with Crippen molar-refractivity contribution >= 4 is 63.8 Å². The van der Waals surface area contributed by atoms with Crippen LogP contribution in [0.5, 0.6) is 17.2 Å². The first-order chi connectivity index (χ1) is 23.7. The lowest BCUT2D eigenvalue weighted by Gasteiger charge is -2.43. The Morgan fingerprint density at radius 1 is 0.959 bits per heavy atom. The highest BCUT2D eigenvalue weighted by Crippen LogP contribution is 2.68. The number of rotatable bonds is 9. The molecule has 4 aromatic rings. The van der Waals surface area contributed by atoms with E-state index in [0.717, 1.165) is 21.9 Å². The van der Waals surface area contributed by atoms with Crippen molar-refractivity contribution in [1.29, 1.82) is 0 Å². The molecule has 2 aliphatic heterocycles. The number of benzene rings is 3. The molecule has 252 valence electrons. The van der Waals surface area contributed by atoms with Crippen molar-refractivity contribution in [3.63, 3.8) is 0 Å². The minimum Gasteiger partial charge on any atom is -0.497 e. The summed E-state index contributed by atoms with van der Waals surface area (Å²) in [7, 11) is 1.58. The molecule has 2 saturated carbocycles. The molecule has 7 atom stereocenters. The summed E-state index contributed by atoms with van der Waals surface area (Å²) in [6.07, 6.45) is 0.780. The van der Waals surface area contributed by atoms with Crippen LogP contribution in [0.3, 0.4) is 0 Å². The van der Waals surface area contributed by atoms with E-state index in [0.29, 0.717) is 40.3 Å². The van der Waals surface area contributed by atoms with E-state index in [4.69, 9.17) is 25.8 Å². The molecular weight excluding hydrogens is 686 g/mol. The van der Waals surface area contributed by atoms with Gasteiger partial charge in [-0.15, -0.1) is 11.8 Å². The normalized spacial score (nSPS) is 26.3. The molecule has 2 N–H and O–H groups in total. The van der Waals surface area contributed by atoms with Gasteiger partial charge in [-0.1, -0.05) is 29.0 Å². The van der Waals surface area contributed by atoms with Gasteiger partial charge in [0.2, 0.25) is 11.8 Å². The number of hydrogen-bond acceptors (Lipinski definition) is 9. The number of H-pyrrole nitrogens is 1. The molecule has 3 aromatic carbocycles. The van der Waals surface area contributed by atoms with Crippen molar-refractivity contribution in [2.75, 3.05) is 30.5 Å². The van der Waals surface area contributed by atoms with Crippen LogP contribution in [0.15, 0.2) is 76.6 Å². The molecule has 1 aromatic heterocycles. The zero-order valence-electron chi connectivity index (χ0n) is 26.5. The number of hydrogen-bond donors (Lipinski definition) is 2. The van der Waals surface area contributed by atoms with Gasteiger partial charge in [0.15, 0.2) is 18.1 Å².